The van der Waals surface area contributed by atoms with E-state index in [2.05, 4.69) is 14.7 Å². The Hall–Kier alpha value is -1.54. The summed E-state index contributed by atoms with van der Waals surface area (Å²) in [6.45, 7) is 0. The molecule has 3 rings (SSSR count). The van der Waals surface area contributed by atoms with Gasteiger partial charge in [-0.1, -0.05) is 41.0 Å². The Balaban J connectivity index is 1.83. The first-order valence-electron chi connectivity index (χ1n) is 7.66. The topological polar surface area (TPSA) is 72.0 Å². The Morgan fingerprint density at radius 1 is 1.35 bits per heavy atom. The van der Waals surface area contributed by atoms with Crippen LogP contribution in [0.1, 0.15) is 12.8 Å². The van der Waals surface area contributed by atoms with Gasteiger partial charge in [0.15, 0.2) is 5.16 Å². The molecular weight excluding hydrogens is 415 g/mol. The highest BCUT2D eigenvalue weighted by Gasteiger charge is 2.14. The highest BCUT2D eigenvalue weighted by molar-refractivity contribution is 7.99. The van der Waals surface area contributed by atoms with Crippen LogP contribution >= 0.6 is 46.3 Å². The second-order valence-electron chi connectivity index (χ2n) is 5.36. The average molecular weight is 429 g/mol. The monoisotopic (exact) mass is 428 g/mol. The Morgan fingerprint density at radius 3 is 2.88 bits per heavy atom. The number of benzene rings is 1. The summed E-state index contributed by atoms with van der Waals surface area (Å²) in [5.74, 6) is 0.418. The lowest BCUT2D eigenvalue weighted by Crippen LogP contribution is -2.09. The van der Waals surface area contributed by atoms with E-state index in [1.54, 1.807) is 12.1 Å². The lowest BCUT2D eigenvalue weighted by atomic mass is 10.1. The molecule has 26 heavy (non-hydrogen) atoms. The molecule has 1 N–H and O–H groups in total. The van der Waals surface area contributed by atoms with Crippen LogP contribution in [0.15, 0.2) is 33.5 Å². The molecule has 1 aromatic carbocycles. The van der Waals surface area contributed by atoms with Crippen molar-refractivity contribution in [1.29, 1.82) is 0 Å². The number of aromatic nitrogens is 2. The molecule has 0 atom stereocenters. The summed E-state index contributed by atoms with van der Waals surface area (Å²) in [5.41, 5.74) is 1.39. The third kappa shape index (κ3) is 4.23. The molecule has 0 aliphatic carbocycles. The van der Waals surface area contributed by atoms with Gasteiger partial charge in [0.2, 0.25) is 0 Å². The maximum absolute atomic E-state index is 12.6. The van der Waals surface area contributed by atoms with Gasteiger partial charge in [-0.3, -0.25) is 9.59 Å². The smallest absolute Gasteiger partial charge is 0.305 e. The summed E-state index contributed by atoms with van der Waals surface area (Å²) >= 11 is 14.8. The van der Waals surface area contributed by atoms with Crippen LogP contribution in [-0.4, -0.2) is 28.8 Å². The quantitative estimate of drug-likeness (QED) is 0.258. The number of H-pyrrole nitrogens is 1. The van der Waals surface area contributed by atoms with Crippen molar-refractivity contribution in [2.24, 2.45) is 0 Å². The normalized spacial score (nSPS) is 11.0. The van der Waals surface area contributed by atoms with Crippen molar-refractivity contribution < 1.29 is 9.53 Å². The van der Waals surface area contributed by atoms with Gasteiger partial charge in [0.25, 0.3) is 5.56 Å². The lowest BCUT2D eigenvalue weighted by Gasteiger charge is -2.03. The van der Waals surface area contributed by atoms with E-state index in [0.717, 1.165) is 11.1 Å². The average Bonchev–Trinajstić information content (AvgIpc) is 3.05. The maximum Gasteiger partial charge on any atom is 0.305 e. The molecule has 9 heteroatoms. The van der Waals surface area contributed by atoms with Crippen LogP contribution in [-0.2, 0) is 9.53 Å². The molecule has 0 aliphatic heterocycles. The van der Waals surface area contributed by atoms with Crippen LogP contribution in [0, 0.1) is 0 Å². The van der Waals surface area contributed by atoms with E-state index in [0.29, 0.717) is 44.0 Å². The first-order chi connectivity index (χ1) is 12.5. The molecule has 5 nitrogen and oxygen atoms in total. The van der Waals surface area contributed by atoms with E-state index < -0.39 is 0 Å². The number of thiophene rings is 1. The van der Waals surface area contributed by atoms with Crippen molar-refractivity contribution in [1.82, 2.24) is 9.97 Å². The number of halogens is 2. The van der Waals surface area contributed by atoms with Crippen molar-refractivity contribution in [3.63, 3.8) is 0 Å². The van der Waals surface area contributed by atoms with E-state index in [9.17, 15) is 9.59 Å². The van der Waals surface area contributed by atoms with Crippen molar-refractivity contribution in [2.75, 3.05) is 12.9 Å². The molecule has 2 aromatic heterocycles. The number of aromatic amines is 1. The molecule has 0 saturated carbocycles. The van der Waals surface area contributed by atoms with Crippen LogP contribution in [0.4, 0.5) is 0 Å². The molecular formula is C17H14Cl2N2O3S2. The predicted octanol–water partition coefficient (Wildman–Crippen LogP) is 5.00. The van der Waals surface area contributed by atoms with Gasteiger partial charge < -0.3 is 9.72 Å². The van der Waals surface area contributed by atoms with Gasteiger partial charge in [-0.05, 0) is 24.1 Å². The molecule has 136 valence electrons. The van der Waals surface area contributed by atoms with Crippen LogP contribution in [0.5, 0.6) is 0 Å². The first-order valence-corrected chi connectivity index (χ1v) is 10.3. The van der Waals surface area contributed by atoms with Crippen LogP contribution < -0.4 is 5.56 Å². The molecule has 0 amide bonds. The summed E-state index contributed by atoms with van der Waals surface area (Å²) in [4.78, 5) is 31.6. The van der Waals surface area contributed by atoms with Crippen molar-refractivity contribution >= 4 is 62.5 Å². The number of hydrogen-bond donors (Lipinski definition) is 1. The standard InChI is InChI=1S/C17H14Cl2N2O3S2/c1-24-13(22)3-2-6-25-17-20-15(23)14-10(8-26-16(14)21-17)9-4-5-11(18)12(19)7-9/h4-5,7-8H,2-3,6H2,1H3,(H,20,21,23). The molecule has 0 saturated heterocycles. The van der Waals surface area contributed by atoms with Gasteiger partial charge in [-0.15, -0.1) is 11.3 Å². The Labute approximate surface area is 167 Å². The van der Waals surface area contributed by atoms with E-state index in [4.69, 9.17) is 23.2 Å². The third-order valence-electron chi connectivity index (χ3n) is 3.64. The summed E-state index contributed by atoms with van der Waals surface area (Å²) in [6, 6.07) is 5.26. The molecule has 0 spiro atoms. The fourth-order valence-corrected chi connectivity index (χ4v) is 4.47. The van der Waals surface area contributed by atoms with E-state index in [1.807, 2.05) is 11.4 Å². The van der Waals surface area contributed by atoms with Crippen LogP contribution in [0.25, 0.3) is 21.3 Å². The highest BCUT2D eigenvalue weighted by Crippen LogP contribution is 2.34. The molecule has 0 unspecified atom stereocenters. The van der Waals surface area contributed by atoms with Gasteiger partial charge in [0, 0.05) is 23.1 Å². The van der Waals surface area contributed by atoms with Gasteiger partial charge in [0.1, 0.15) is 4.83 Å². The third-order valence-corrected chi connectivity index (χ3v) is 6.22. The Kier molecular flexibility index (Phi) is 6.24. The number of esters is 1. The molecule has 0 aliphatic rings. The number of carbonyl (C=O) groups is 1. The van der Waals surface area contributed by atoms with Gasteiger partial charge in [0.05, 0.1) is 22.5 Å². The Morgan fingerprint density at radius 2 is 2.15 bits per heavy atom. The van der Waals surface area contributed by atoms with Crippen molar-refractivity contribution in [2.45, 2.75) is 18.0 Å². The van der Waals surface area contributed by atoms with Crippen LogP contribution in [0.2, 0.25) is 10.0 Å². The largest absolute Gasteiger partial charge is 0.469 e. The molecule has 0 bridgehead atoms. The minimum absolute atomic E-state index is 0.201. The fourth-order valence-electron chi connectivity index (χ4n) is 2.36. The van der Waals surface area contributed by atoms with Crippen molar-refractivity contribution in [3.8, 4) is 11.1 Å². The van der Waals surface area contributed by atoms with Crippen LogP contribution in [0.3, 0.4) is 0 Å². The van der Waals surface area contributed by atoms with E-state index in [1.165, 1.54) is 30.2 Å². The maximum atomic E-state index is 12.6. The molecule has 0 radical (unpaired) electrons. The van der Waals surface area contributed by atoms with Gasteiger partial charge in [-0.2, -0.15) is 0 Å². The number of nitrogens with zero attached hydrogens (tertiary/aromatic N) is 1. The van der Waals surface area contributed by atoms with Crippen molar-refractivity contribution in [3.05, 3.63) is 44.0 Å². The summed E-state index contributed by atoms with van der Waals surface area (Å²) in [7, 11) is 1.37. The zero-order valence-electron chi connectivity index (χ0n) is 13.7. The van der Waals surface area contributed by atoms with E-state index in [-0.39, 0.29) is 11.5 Å². The van der Waals surface area contributed by atoms with Gasteiger partial charge in [-0.25, -0.2) is 4.98 Å². The molecule has 3 aromatic rings. The minimum atomic E-state index is -0.243. The molecule has 2 heterocycles. The summed E-state index contributed by atoms with van der Waals surface area (Å²) in [5, 5.41) is 3.86. The number of nitrogens with one attached hydrogen (secondary N) is 1. The highest BCUT2D eigenvalue weighted by atomic mass is 35.5. The summed E-state index contributed by atoms with van der Waals surface area (Å²) in [6.07, 6.45) is 0.995. The zero-order valence-corrected chi connectivity index (χ0v) is 16.8. The van der Waals surface area contributed by atoms with Gasteiger partial charge >= 0.3 is 5.97 Å². The number of thioether (sulfide) groups is 1. The summed E-state index contributed by atoms with van der Waals surface area (Å²) < 4.78 is 4.60. The fraction of sp³-hybridized carbons (Fsp3) is 0.235. The van der Waals surface area contributed by atoms with E-state index >= 15 is 0 Å². The SMILES string of the molecule is COC(=O)CCCSc1nc2scc(-c3ccc(Cl)c(Cl)c3)c2c(=O)[nH]1. The number of fused-ring (bicyclic) bond motifs is 1. The number of methoxy groups -OCH3 is 1. The zero-order chi connectivity index (χ0) is 18.7. The Bertz CT molecular complexity index is 1020. The minimum Gasteiger partial charge on any atom is -0.469 e. The second kappa shape index (κ2) is 8.43. The first kappa shape index (κ1) is 19.2. The second-order valence-corrected chi connectivity index (χ2v) is 8.11. The number of ether oxygens (including phenoxy) is 1. The number of carbonyl (C=O) groups excluding carboxylic acids is 1. The lowest BCUT2D eigenvalue weighted by molar-refractivity contribution is -0.140. The molecule has 0 fully saturated rings. The predicted molar refractivity (Wildman–Crippen MR) is 108 cm³/mol. The number of rotatable bonds is 6. The number of hydrogen-bond acceptors (Lipinski definition) is 6.